The predicted molar refractivity (Wildman–Crippen MR) is 75.1 cm³/mol. The van der Waals surface area contributed by atoms with Crippen LogP contribution >= 0.6 is 23.2 Å². The fourth-order valence-electron chi connectivity index (χ4n) is 2.56. The molecule has 1 aliphatic rings. The number of halogens is 2. The van der Waals surface area contributed by atoms with E-state index in [0.29, 0.717) is 22.0 Å². The number of fused-ring (bicyclic) bond motifs is 1. The smallest absolute Gasteiger partial charge is 0.179 e. The molecule has 0 unspecified atom stereocenters. The van der Waals surface area contributed by atoms with Crippen LogP contribution in [0.25, 0.3) is 5.65 Å². The van der Waals surface area contributed by atoms with Crippen LogP contribution in [0, 0.1) is 0 Å². The SMILES string of the molecule is Clc1ccc([C@H]2C[C@@H]2c2cc(Cl)nn3ncnc23)nc1. The highest BCUT2D eigenvalue weighted by Crippen LogP contribution is 2.54. The molecule has 4 rings (SSSR count). The minimum atomic E-state index is 0.357. The van der Waals surface area contributed by atoms with Crippen molar-refractivity contribution in [3.8, 4) is 0 Å². The maximum absolute atomic E-state index is 6.03. The molecule has 1 aliphatic carbocycles. The van der Waals surface area contributed by atoms with E-state index in [1.54, 1.807) is 6.20 Å². The molecule has 3 heterocycles. The molecule has 20 heavy (non-hydrogen) atoms. The number of hydrogen-bond acceptors (Lipinski definition) is 4. The molecule has 5 nitrogen and oxygen atoms in total. The summed E-state index contributed by atoms with van der Waals surface area (Å²) in [7, 11) is 0. The molecule has 1 saturated carbocycles. The summed E-state index contributed by atoms with van der Waals surface area (Å²) in [6.45, 7) is 0. The summed E-state index contributed by atoms with van der Waals surface area (Å²) >= 11 is 11.9. The van der Waals surface area contributed by atoms with Crippen LogP contribution in [0.2, 0.25) is 10.2 Å². The van der Waals surface area contributed by atoms with E-state index in [2.05, 4.69) is 20.2 Å². The van der Waals surface area contributed by atoms with Gasteiger partial charge in [0.1, 0.15) is 6.33 Å². The van der Waals surface area contributed by atoms with E-state index in [4.69, 9.17) is 23.2 Å². The van der Waals surface area contributed by atoms with Gasteiger partial charge in [-0.05, 0) is 30.5 Å². The molecule has 0 aromatic carbocycles. The van der Waals surface area contributed by atoms with Crippen LogP contribution in [0.15, 0.2) is 30.7 Å². The van der Waals surface area contributed by atoms with Crippen molar-refractivity contribution in [1.82, 2.24) is 24.8 Å². The fourth-order valence-corrected chi connectivity index (χ4v) is 2.86. The molecule has 0 radical (unpaired) electrons. The molecule has 0 bridgehead atoms. The lowest BCUT2D eigenvalue weighted by Gasteiger charge is -2.03. The molecule has 2 atom stereocenters. The average Bonchev–Trinajstić information content (AvgIpc) is 3.09. The van der Waals surface area contributed by atoms with E-state index in [-0.39, 0.29) is 0 Å². The highest BCUT2D eigenvalue weighted by atomic mass is 35.5. The second kappa shape index (κ2) is 4.40. The number of pyridine rings is 1. The Morgan fingerprint density at radius 2 is 2.05 bits per heavy atom. The van der Waals surface area contributed by atoms with Gasteiger partial charge in [0.05, 0.1) is 5.02 Å². The van der Waals surface area contributed by atoms with Gasteiger partial charge in [-0.1, -0.05) is 23.2 Å². The highest BCUT2D eigenvalue weighted by molar-refractivity contribution is 6.30. The highest BCUT2D eigenvalue weighted by Gasteiger charge is 2.42. The van der Waals surface area contributed by atoms with E-state index >= 15 is 0 Å². The Morgan fingerprint density at radius 3 is 2.85 bits per heavy atom. The lowest BCUT2D eigenvalue weighted by Crippen LogP contribution is -1.99. The summed E-state index contributed by atoms with van der Waals surface area (Å²) in [6, 6.07) is 5.70. The van der Waals surface area contributed by atoms with Crippen molar-refractivity contribution in [2.75, 3.05) is 0 Å². The van der Waals surface area contributed by atoms with Crippen LogP contribution in [-0.2, 0) is 0 Å². The largest absolute Gasteiger partial charge is 0.259 e. The van der Waals surface area contributed by atoms with E-state index in [9.17, 15) is 0 Å². The van der Waals surface area contributed by atoms with Crippen LogP contribution < -0.4 is 0 Å². The summed E-state index contributed by atoms with van der Waals surface area (Å²) in [5, 5.41) is 9.20. The summed E-state index contributed by atoms with van der Waals surface area (Å²) in [5.74, 6) is 0.738. The molecule has 0 N–H and O–H groups in total. The van der Waals surface area contributed by atoms with Crippen molar-refractivity contribution in [2.24, 2.45) is 0 Å². The number of nitrogens with zero attached hydrogens (tertiary/aromatic N) is 5. The van der Waals surface area contributed by atoms with Gasteiger partial charge in [-0.25, -0.2) is 4.98 Å². The molecule has 0 aliphatic heterocycles. The van der Waals surface area contributed by atoms with Gasteiger partial charge >= 0.3 is 0 Å². The molecule has 3 aromatic heterocycles. The van der Waals surface area contributed by atoms with Gasteiger partial charge in [-0.3, -0.25) is 4.98 Å². The van der Waals surface area contributed by atoms with Crippen molar-refractivity contribution in [1.29, 1.82) is 0 Å². The third-order valence-electron chi connectivity index (χ3n) is 3.57. The molecule has 1 fully saturated rings. The molecule has 100 valence electrons. The summed E-state index contributed by atoms with van der Waals surface area (Å²) in [6.07, 6.45) is 4.19. The van der Waals surface area contributed by atoms with Gasteiger partial charge in [0.15, 0.2) is 10.8 Å². The minimum absolute atomic E-state index is 0.357. The summed E-state index contributed by atoms with van der Waals surface area (Å²) in [4.78, 5) is 8.64. The van der Waals surface area contributed by atoms with Gasteiger partial charge in [-0.15, -0.1) is 14.8 Å². The number of hydrogen-bond donors (Lipinski definition) is 0. The maximum Gasteiger partial charge on any atom is 0.179 e. The van der Waals surface area contributed by atoms with Crippen molar-refractivity contribution in [3.05, 3.63) is 52.2 Å². The van der Waals surface area contributed by atoms with Gasteiger partial charge in [-0.2, -0.15) is 0 Å². The minimum Gasteiger partial charge on any atom is -0.259 e. The van der Waals surface area contributed by atoms with Gasteiger partial charge in [0, 0.05) is 23.4 Å². The first-order valence-corrected chi connectivity index (χ1v) is 6.96. The number of rotatable bonds is 2. The van der Waals surface area contributed by atoms with E-state index in [1.165, 1.54) is 11.0 Å². The third-order valence-corrected chi connectivity index (χ3v) is 3.98. The van der Waals surface area contributed by atoms with Crippen LogP contribution in [0.4, 0.5) is 0 Å². The normalized spacial score (nSPS) is 21.3. The summed E-state index contributed by atoms with van der Waals surface area (Å²) < 4.78 is 1.47. The van der Waals surface area contributed by atoms with Crippen LogP contribution in [0.3, 0.4) is 0 Å². The molecular formula is C13H9Cl2N5. The zero-order valence-electron chi connectivity index (χ0n) is 10.2. The lowest BCUT2D eigenvalue weighted by molar-refractivity contribution is 0.789. The Morgan fingerprint density at radius 1 is 1.15 bits per heavy atom. The molecule has 0 spiro atoms. The number of aromatic nitrogens is 5. The monoisotopic (exact) mass is 305 g/mol. The first-order chi connectivity index (χ1) is 9.72. The zero-order chi connectivity index (χ0) is 13.7. The van der Waals surface area contributed by atoms with Crippen molar-refractivity contribution in [2.45, 2.75) is 18.3 Å². The molecular weight excluding hydrogens is 297 g/mol. The van der Waals surface area contributed by atoms with Crippen molar-refractivity contribution in [3.63, 3.8) is 0 Å². The average molecular weight is 306 g/mol. The maximum atomic E-state index is 6.03. The van der Waals surface area contributed by atoms with E-state index in [1.807, 2.05) is 18.2 Å². The Labute approximate surface area is 124 Å². The Balaban J connectivity index is 1.72. The predicted octanol–water partition coefficient (Wildman–Crippen LogP) is 3.10. The van der Waals surface area contributed by atoms with Gasteiger partial charge < -0.3 is 0 Å². The zero-order valence-corrected chi connectivity index (χ0v) is 11.8. The van der Waals surface area contributed by atoms with Crippen LogP contribution in [0.5, 0.6) is 0 Å². The first kappa shape index (κ1) is 12.1. The second-order valence-corrected chi connectivity index (χ2v) is 5.67. The van der Waals surface area contributed by atoms with Crippen molar-refractivity contribution < 1.29 is 0 Å². The standard InChI is InChI=1S/C13H9Cl2N5/c14-7-1-2-11(16-5-7)9-3-8(9)10-4-12(15)19-20-13(10)17-6-18-20/h1-2,4-6,8-9H,3H2/t8-,9-/m0/s1. The molecule has 0 amide bonds. The van der Waals surface area contributed by atoms with Crippen LogP contribution in [0.1, 0.15) is 29.5 Å². The Bertz CT molecular complexity index is 783. The van der Waals surface area contributed by atoms with Crippen LogP contribution in [-0.4, -0.2) is 24.8 Å². The van der Waals surface area contributed by atoms with Gasteiger partial charge in [0.2, 0.25) is 0 Å². The van der Waals surface area contributed by atoms with E-state index in [0.717, 1.165) is 23.3 Å². The second-order valence-electron chi connectivity index (χ2n) is 4.85. The summed E-state index contributed by atoms with van der Waals surface area (Å²) in [5.41, 5.74) is 2.88. The Hall–Kier alpha value is -1.72. The Kier molecular flexibility index (Phi) is 2.65. The molecule has 0 saturated heterocycles. The third kappa shape index (κ3) is 1.94. The van der Waals surface area contributed by atoms with Gasteiger partial charge in [0.25, 0.3) is 0 Å². The topological polar surface area (TPSA) is 56.0 Å². The van der Waals surface area contributed by atoms with E-state index < -0.39 is 0 Å². The quantitative estimate of drug-likeness (QED) is 0.730. The molecule has 3 aromatic rings. The lowest BCUT2D eigenvalue weighted by atomic mass is 10.1. The molecule has 7 heteroatoms. The van der Waals surface area contributed by atoms with Crippen molar-refractivity contribution >= 4 is 28.8 Å². The fraction of sp³-hybridized carbons (Fsp3) is 0.231. The first-order valence-electron chi connectivity index (χ1n) is 6.20.